The molecule has 3 nitrogen and oxygen atoms in total. The molecule has 0 heterocycles. The van der Waals surface area contributed by atoms with E-state index < -0.39 is 0 Å². The van der Waals surface area contributed by atoms with Crippen molar-refractivity contribution < 1.29 is 9.76 Å². The minimum Gasteiger partial charge on any atom is -0.508 e. The summed E-state index contributed by atoms with van der Waals surface area (Å²) in [6, 6.07) is 6.82. The van der Waals surface area contributed by atoms with Crippen LogP contribution in [-0.4, -0.2) is 19.8 Å². The summed E-state index contributed by atoms with van der Waals surface area (Å²) in [6.45, 7) is 0. The summed E-state index contributed by atoms with van der Waals surface area (Å²) in [5.41, 5.74) is 0.935. The molecule has 0 aromatic heterocycles. The molecule has 0 radical (unpaired) electrons. The summed E-state index contributed by atoms with van der Waals surface area (Å²) in [4.78, 5) is 0. The number of benzene rings is 1. The van der Waals surface area contributed by atoms with Crippen molar-refractivity contribution in [2.75, 3.05) is 12.3 Å². The number of hydrogen-bond donors (Lipinski definition) is 2. The number of phenolic OH excluding ortho intramolecular Hbond substituents is 1. The Labute approximate surface area is 66.3 Å². The summed E-state index contributed by atoms with van der Waals surface area (Å²) in [5.74, 6) is 0.271. The normalized spacial score (nSPS) is 9.18. The predicted molar refractivity (Wildman–Crippen MR) is 45.9 cm³/mol. The number of anilines is 1. The van der Waals surface area contributed by atoms with Crippen LogP contribution >= 0.6 is 0 Å². The third kappa shape index (κ3) is 2.51. The molecule has 0 aliphatic carbocycles. The van der Waals surface area contributed by atoms with Gasteiger partial charge in [-0.25, -0.2) is 0 Å². The SMILES string of the molecule is COBNc1ccc(O)cc1. The molecule has 0 saturated heterocycles. The zero-order chi connectivity index (χ0) is 8.10. The van der Waals surface area contributed by atoms with E-state index in [-0.39, 0.29) is 5.75 Å². The first-order chi connectivity index (χ1) is 5.33. The molecule has 11 heavy (non-hydrogen) atoms. The number of aromatic hydroxyl groups is 1. The van der Waals surface area contributed by atoms with Gasteiger partial charge in [0.1, 0.15) is 5.75 Å². The van der Waals surface area contributed by atoms with Gasteiger partial charge in [0.2, 0.25) is 0 Å². The molecule has 0 unspecified atom stereocenters. The molecule has 0 aliphatic heterocycles. The van der Waals surface area contributed by atoms with E-state index in [9.17, 15) is 0 Å². The molecule has 0 spiro atoms. The van der Waals surface area contributed by atoms with E-state index >= 15 is 0 Å². The summed E-state index contributed by atoms with van der Waals surface area (Å²) in [5, 5.41) is 11.9. The maximum atomic E-state index is 8.92. The summed E-state index contributed by atoms with van der Waals surface area (Å²) in [7, 11) is 2.10. The van der Waals surface area contributed by atoms with E-state index in [0.29, 0.717) is 7.62 Å². The van der Waals surface area contributed by atoms with Gasteiger partial charge in [-0.05, 0) is 24.3 Å². The molecule has 0 bridgehead atoms. The van der Waals surface area contributed by atoms with Crippen molar-refractivity contribution in [1.82, 2.24) is 0 Å². The first kappa shape index (κ1) is 7.95. The predicted octanol–water partition coefficient (Wildman–Crippen LogP) is 0.717. The topological polar surface area (TPSA) is 41.5 Å². The molecule has 1 aromatic rings. The molecule has 0 fully saturated rings. The zero-order valence-electron chi connectivity index (χ0n) is 6.37. The molecular weight excluding hydrogens is 141 g/mol. The Kier molecular flexibility index (Phi) is 2.80. The van der Waals surface area contributed by atoms with Crippen molar-refractivity contribution in [2.24, 2.45) is 0 Å². The van der Waals surface area contributed by atoms with Gasteiger partial charge in [-0.1, -0.05) is 0 Å². The Balaban J connectivity index is 2.52. The van der Waals surface area contributed by atoms with Crippen LogP contribution < -0.4 is 5.23 Å². The number of phenols is 1. The summed E-state index contributed by atoms with van der Waals surface area (Å²) in [6.07, 6.45) is 0. The molecule has 0 saturated carbocycles. The Bertz CT molecular complexity index is 212. The van der Waals surface area contributed by atoms with E-state index in [4.69, 9.17) is 9.76 Å². The third-order valence-electron chi connectivity index (χ3n) is 1.29. The van der Waals surface area contributed by atoms with Crippen molar-refractivity contribution in [3.05, 3.63) is 24.3 Å². The molecule has 0 atom stereocenters. The Hall–Kier alpha value is -1.16. The minimum absolute atomic E-state index is 0.271. The van der Waals surface area contributed by atoms with Gasteiger partial charge in [0, 0.05) is 12.8 Å². The fourth-order valence-corrected chi connectivity index (χ4v) is 0.735. The summed E-state index contributed by atoms with van der Waals surface area (Å²) < 4.78 is 4.80. The number of nitrogens with one attached hydrogen (secondary N) is 1. The van der Waals surface area contributed by atoms with Crippen LogP contribution in [0.2, 0.25) is 0 Å². The van der Waals surface area contributed by atoms with Crippen LogP contribution in [0.1, 0.15) is 0 Å². The highest BCUT2D eigenvalue weighted by Crippen LogP contribution is 2.12. The Morgan fingerprint density at radius 3 is 2.55 bits per heavy atom. The largest absolute Gasteiger partial charge is 0.508 e. The standard InChI is InChI=1S/C7H10BNO2/c1-11-8-9-6-2-4-7(10)5-3-6/h2-5,8-10H,1H3. The molecule has 0 aliphatic rings. The van der Waals surface area contributed by atoms with Gasteiger partial charge in [-0.2, -0.15) is 0 Å². The smallest absolute Gasteiger partial charge is 0.393 e. The molecule has 1 rings (SSSR count). The van der Waals surface area contributed by atoms with Crippen molar-refractivity contribution in [2.45, 2.75) is 0 Å². The monoisotopic (exact) mass is 151 g/mol. The quantitative estimate of drug-likeness (QED) is 0.493. The van der Waals surface area contributed by atoms with Crippen LogP contribution in [0.15, 0.2) is 24.3 Å². The lowest BCUT2D eigenvalue weighted by Crippen LogP contribution is -2.07. The van der Waals surface area contributed by atoms with Gasteiger partial charge in [0.05, 0.1) is 0 Å². The Morgan fingerprint density at radius 2 is 2.00 bits per heavy atom. The highest BCUT2D eigenvalue weighted by Gasteiger charge is 1.91. The second-order valence-electron chi connectivity index (χ2n) is 2.16. The fourth-order valence-electron chi connectivity index (χ4n) is 0.735. The van der Waals surface area contributed by atoms with Gasteiger partial charge >= 0.3 is 7.62 Å². The van der Waals surface area contributed by atoms with E-state index in [0.717, 1.165) is 5.69 Å². The lowest BCUT2D eigenvalue weighted by atomic mass is 10.2. The van der Waals surface area contributed by atoms with Crippen molar-refractivity contribution in [3.63, 3.8) is 0 Å². The van der Waals surface area contributed by atoms with Gasteiger partial charge < -0.3 is 15.0 Å². The van der Waals surface area contributed by atoms with Gasteiger partial charge in [-0.15, -0.1) is 0 Å². The average molecular weight is 151 g/mol. The van der Waals surface area contributed by atoms with Crippen LogP contribution in [0.5, 0.6) is 5.75 Å². The lowest BCUT2D eigenvalue weighted by molar-refractivity contribution is 0.446. The first-order valence-corrected chi connectivity index (χ1v) is 3.35. The molecule has 4 heteroatoms. The van der Waals surface area contributed by atoms with Crippen molar-refractivity contribution >= 4 is 13.3 Å². The van der Waals surface area contributed by atoms with E-state index in [2.05, 4.69) is 5.23 Å². The van der Waals surface area contributed by atoms with Gasteiger partial charge in [0.15, 0.2) is 0 Å². The third-order valence-corrected chi connectivity index (χ3v) is 1.29. The zero-order valence-corrected chi connectivity index (χ0v) is 6.37. The second kappa shape index (κ2) is 3.88. The maximum Gasteiger partial charge on any atom is 0.393 e. The van der Waals surface area contributed by atoms with E-state index in [1.165, 1.54) is 0 Å². The van der Waals surface area contributed by atoms with Crippen molar-refractivity contribution in [3.8, 4) is 5.75 Å². The van der Waals surface area contributed by atoms with Crippen LogP contribution in [0.25, 0.3) is 0 Å². The molecular formula is C7H10BNO2. The Morgan fingerprint density at radius 1 is 1.36 bits per heavy atom. The minimum atomic E-state index is 0.271. The lowest BCUT2D eigenvalue weighted by Gasteiger charge is -2.01. The maximum absolute atomic E-state index is 8.92. The molecule has 2 N–H and O–H groups in total. The average Bonchev–Trinajstić information content (AvgIpc) is 2.04. The fraction of sp³-hybridized carbons (Fsp3) is 0.143. The van der Waals surface area contributed by atoms with Crippen LogP contribution in [0, 0.1) is 0 Å². The number of hydrogen-bond acceptors (Lipinski definition) is 3. The van der Waals surface area contributed by atoms with E-state index in [1.54, 1.807) is 31.4 Å². The highest BCUT2D eigenvalue weighted by atomic mass is 16.4. The van der Waals surface area contributed by atoms with Gasteiger partial charge in [-0.3, -0.25) is 0 Å². The summed E-state index contributed by atoms with van der Waals surface area (Å²) >= 11 is 0. The second-order valence-corrected chi connectivity index (χ2v) is 2.16. The first-order valence-electron chi connectivity index (χ1n) is 3.35. The highest BCUT2D eigenvalue weighted by molar-refractivity contribution is 6.32. The van der Waals surface area contributed by atoms with Crippen molar-refractivity contribution in [1.29, 1.82) is 0 Å². The molecule has 1 aromatic carbocycles. The number of rotatable bonds is 3. The van der Waals surface area contributed by atoms with Crippen LogP contribution in [0.4, 0.5) is 5.69 Å². The molecule has 0 amide bonds. The van der Waals surface area contributed by atoms with Crippen LogP contribution in [0.3, 0.4) is 0 Å². The molecule has 58 valence electrons. The van der Waals surface area contributed by atoms with Gasteiger partial charge in [0.25, 0.3) is 0 Å². The van der Waals surface area contributed by atoms with Crippen LogP contribution in [-0.2, 0) is 4.65 Å². The van der Waals surface area contributed by atoms with E-state index in [1.807, 2.05) is 0 Å².